The highest BCUT2D eigenvalue weighted by Gasteiger charge is 2.32. The Bertz CT molecular complexity index is 505. The van der Waals surface area contributed by atoms with Crippen molar-refractivity contribution < 1.29 is 22.7 Å². The molecule has 1 amide bonds. The van der Waals surface area contributed by atoms with Crippen molar-refractivity contribution in [2.45, 2.75) is 38.1 Å². The fourth-order valence-electron chi connectivity index (χ4n) is 2.54. The summed E-state index contributed by atoms with van der Waals surface area (Å²) in [5.41, 5.74) is 5.89. The summed E-state index contributed by atoms with van der Waals surface area (Å²) < 4.78 is 40.7. The number of carbonyl (C=O) groups is 1. The van der Waals surface area contributed by atoms with Gasteiger partial charge in [-0.25, -0.2) is 0 Å². The average Bonchev–Trinajstić information content (AvgIpc) is 2.76. The Balaban J connectivity index is 2.00. The lowest BCUT2D eigenvalue weighted by Gasteiger charge is -2.17. The first-order chi connectivity index (χ1) is 9.85. The second-order valence-corrected chi connectivity index (χ2v) is 5.15. The van der Waals surface area contributed by atoms with Gasteiger partial charge in [-0.3, -0.25) is 4.79 Å². The van der Waals surface area contributed by atoms with E-state index in [1.807, 2.05) is 0 Å². The fourth-order valence-corrected chi connectivity index (χ4v) is 2.54. The Morgan fingerprint density at radius 2 is 2.05 bits per heavy atom. The monoisotopic (exact) mass is 302 g/mol. The molecule has 2 atom stereocenters. The molecule has 0 aromatic heterocycles. The van der Waals surface area contributed by atoms with Crippen molar-refractivity contribution in [3.05, 3.63) is 24.3 Å². The number of hydrogen-bond acceptors (Lipinski definition) is 3. The van der Waals surface area contributed by atoms with Crippen molar-refractivity contribution >= 4 is 11.6 Å². The SMILES string of the molecule is N[C@@H]1CCC[C@H]1CC(=O)Nc1ccccc1OC(F)(F)F. The molecule has 1 fully saturated rings. The van der Waals surface area contributed by atoms with Gasteiger partial charge in [-0.05, 0) is 30.9 Å². The molecule has 0 unspecified atom stereocenters. The van der Waals surface area contributed by atoms with Crippen LogP contribution in [0.1, 0.15) is 25.7 Å². The van der Waals surface area contributed by atoms with E-state index >= 15 is 0 Å². The quantitative estimate of drug-likeness (QED) is 0.898. The lowest BCUT2D eigenvalue weighted by Crippen LogP contribution is -2.28. The molecule has 2 rings (SSSR count). The van der Waals surface area contributed by atoms with Gasteiger partial charge >= 0.3 is 6.36 Å². The van der Waals surface area contributed by atoms with E-state index in [0.29, 0.717) is 0 Å². The van der Waals surface area contributed by atoms with Crippen molar-refractivity contribution in [3.8, 4) is 5.75 Å². The average molecular weight is 302 g/mol. The number of nitrogens with one attached hydrogen (secondary N) is 1. The molecule has 21 heavy (non-hydrogen) atoms. The van der Waals surface area contributed by atoms with Crippen LogP contribution >= 0.6 is 0 Å². The van der Waals surface area contributed by atoms with Gasteiger partial charge in [-0.1, -0.05) is 18.6 Å². The molecule has 1 saturated carbocycles. The number of alkyl halides is 3. The lowest BCUT2D eigenvalue weighted by molar-refractivity contribution is -0.274. The van der Waals surface area contributed by atoms with Crippen molar-refractivity contribution in [2.24, 2.45) is 11.7 Å². The Kier molecular flexibility index (Phi) is 4.72. The van der Waals surface area contributed by atoms with Gasteiger partial charge < -0.3 is 15.8 Å². The molecule has 1 aromatic rings. The summed E-state index contributed by atoms with van der Waals surface area (Å²) in [7, 11) is 0. The van der Waals surface area contributed by atoms with Gasteiger partial charge in [0.2, 0.25) is 5.91 Å². The third-order valence-electron chi connectivity index (χ3n) is 3.55. The molecule has 0 radical (unpaired) electrons. The van der Waals surface area contributed by atoms with Crippen LogP contribution in [-0.4, -0.2) is 18.3 Å². The minimum atomic E-state index is -4.80. The summed E-state index contributed by atoms with van der Waals surface area (Å²) in [4.78, 5) is 11.9. The first-order valence-corrected chi connectivity index (χ1v) is 6.75. The van der Waals surface area contributed by atoms with Crippen molar-refractivity contribution in [3.63, 3.8) is 0 Å². The number of anilines is 1. The number of nitrogens with two attached hydrogens (primary N) is 1. The van der Waals surface area contributed by atoms with Gasteiger partial charge in [0.1, 0.15) is 0 Å². The smallest absolute Gasteiger partial charge is 0.404 e. The maximum Gasteiger partial charge on any atom is 0.573 e. The molecule has 116 valence electrons. The molecular formula is C14H17F3N2O2. The summed E-state index contributed by atoms with van der Waals surface area (Å²) in [6.45, 7) is 0. The van der Waals surface area contributed by atoms with E-state index in [9.17, 15) is 18.0 Å². The molecule has 1 aromatic carbocycles. The van der Waals surface area contributed by atoms with Crippen molar-refractivity contribution in [1.82, 2.24) is 0 Å². The zero-order chi connectivity index (χ0) is 15.5. The normalized spacial score (nSPS) is 22.1. The third-order valence-corrected chi connectivity index (χ3v) is 3.55. The first kappa shape index (κ1) is 15.6. The summed E-state index contributed by atoms with van der Waals surface area (Å²) in [5, 5.41) is 2.46. The summed E-state index contributed by atoms with van der Waals surface area (Å²) in [6, 6.07) is 5.44. The lowest BCUT2D eigenvalue weighted by atomic mass is 10.00. The van der Waals surface area contributed by atoms with E-state index in [0.717, 1.165) is 25.3 Å². The van der Waals surface area contributed by atoms with E-state index in [-0.39, 0.29) is 30.0 Å². The van der Waals surface area contributed by atoms with E-state index in [1.165, 1.54) is 18.2 Å². The molecule has 0 aliphatic heterocycles. The number of para-hydroxylation sites is 2. The molecular weight excluding hydrogens is 285 g/mol. The van der Waals surface area contributed by atoms with Crippen LogP contribution in [0.25, 0.3) is 0 Å². The molecule has 0 bridgehead atoms. The number of halogens is 3. The van der Waals surface area contributed by atoms with Crippen molar-refractivity contribution in [2.75, 3.05) is 5.32 Å². The number of hydrogen-bond donors (Lipinski definition) is 2. The van der Waals surface area contributed by atoms with Gasteiger partial charge in [0.05, 0.1) is 5.69 Å². The summed E-state index contributed by atoms with van der Waals surface area (Å²) >= 11 is 0. The molecule has 0 spiro atoms. The standard InChI is InChI=1S/C14H17F3N2O2/c15-14(16,17)21-12-7-2-1-6-11(12)19-13(20)8-9-4-3-5-10(9)18/h1-2,6-7,9-10H,3-5,8,18H2,(H,19,20)/t9-,10+/m0/s1. The zero-order valence-electron chi connectivity index (χ0n) is 11.3. The molecule has 0 saturated heterocycles. The van der Waals surface area contributed by atoms with Crippen LogP contribution in [-0.2, 0) is 4.79 Å². The summed E-state index contributed by atoms with van der Waals surface area (Å²) in [6.07, 6.45) is -1.86. The number of rotatable bonds is 4. The molecule has 0 heterocycles. The fraction of sp³-hybridized carbons (Fsp3) is 0.500. The highest BCUT2D eigenvalue weighted by atomic mass is 19.4. The highest BCUT2D eigenvalue weighted by molar-refractivity contribution is 5.92. The Hall–Kier alpha value is -1.76. The maximum atomic E-state index is 12.3. The number of ether oxygens (including phenoxy) is 1. The largest absolute Gasteiger partial charge is 0.573 e. The van der Waals surface area contributed by atoms with Crippen LogP contribution in [0, 0.1) is 5.92 Å². The maximum absolute atomic E-state index is 12.3. The Morgan fingerprint density at radius 1 is 1.33 bits per heavy atom. The van der Waals surface area contributed by atoms with Crippen LogP contribution < -0.4 is 15.8 Å². The number of carbonyl (C=O) groups excluding carboxylic acids is 1. The number of benzene rings is 1. The molecule has 1 aliphatic carbocycles. The van der Waals surface area contributed by atoms with Gasteiger partial charge in [-0.15, -0.1) is 13.2 Å². The predicted molar refractivity (Wildman–Crippen MR) is 71.7 cm³/mol. The van der Waals surface area contributed by atoms with Crippen LogP contribution in [0.2, 0.25) is 0 Å². The minimum Gasteiger partial charge on any atom is -0.404 e. The van der Waals surface area contributed by atoms with E-state index < -0.39 is 12.1 Å². The van der Waals surface area contributed by atoms with E-state index in [2.05, 4.69) is 10.1 Å². The summed E-state index contributed by atoms with van der Waals surface area (Å²) in [5.74, 6) is -0.689. The molecule has 7 heteroatoms. The van der Waals surface area contributed by atoms with E-state index in [1.54, 1.807) is 0 Å². The van der Waals surface area contributed by atoms with E-state index in [4.69, 9.17) is 5.73 Å². The first-order valence-electron chi connectivity index (χ1n) is 6.75. The predicted octanol–water partition coefficient (Wildman–Crippen LogP) is 3.04. The molecule has 1 aliphatic rings. The van der Waals surface area contributed by atoms with Gasteiger partial charge in [0.15, 0.2) is 5.75 Å². The minimum absolute atomic E-state index is 0.00592. The van der Waals surface area contributed by atoms with Gasteiger partial charge in [-0.2, -0.15) is 0 Å². The third kappa shape index (κ3) is 4.63. The topological polar surface area (TPSA) is 64.4 Å². The van der Waals surface area contributed by atoms with Crippen LogP contribution in [0.15, 0.2) is 24.3 Å². The Labute approximate surface area is 120 Å². The molecule has 3 N–H and O–H groups in total. The molecule has 4 nitrogen and oxygen atoms in total. The van der Waals surface area contributed by atoms with Crippen LogP contribution in [0.5, 0.6) is 5.75 Å². The van der Waals surface area contributed by atoms with Gasteiger partial charge in [0, 0.05) is 12.5 Å². The van der Waals surface area contributed by atoms with Crippen LogP contribution in [0.3, 0.4) is 0 Å². The highest BCUT2D eigenvalue weighted by Crippen LogP contribution is 2.31. The second kappa shape index (κ2) is 6.34. The Morgan fingerprint density at radius 3 is 2.67 bits per heavy atom. The zero-order valence-corrected chi connectivity index (χ0v) is 11.3. The van der Waals surface area contributed by atoms with Gasteiger partial charge in [0.25, 0.3) is 0 Å². The van der Waals surface area contributed by atoms with Crippen LogP contribution in [0.4, 0.5) is 18.9 Å². The second-order valence-electron chi connectivity index (χ2n) is 5.15. The number of amides is 1. The van der Waals surface area contributed by atoms with Crippen molar-refractivity contribution in [1.29, 1.82) is 0 Å².